The van der Waals surface area contributed by atoms with Crippen molar-refractivity contribution < 1.29 is 4.79 Å². The Morgan fingerprint density at radius 1 is 1.45 bits per heavy atom. The highest BCUT2D eigenvalue weighted by Gasteiger charge is 2.37. The number of para-hydroxylation sites is 1. The Morgan fingerprint density at radius 3 is 3.23 bits per heavy atom. The molecule has 2 unspecified atom stereocenters. The fraction of sp³-hybridized carbons (Fsp3) is 0.312. The van der Waals surface area contributed by atoms with Gasteiger partial charge in [-0.25, -0.2) is 10.4 Å². The largest absolute Gasteiger partial charge is 0.272 e. The second-order valence-corrected chi connectivity index (χ2v) is 7.77. The first-order valence-electron chi connectivity index (χ1n) is 7.30. The molecule has 112 valence electrons. The monoisotopic (exact) mass is 329 g/mol. The number of allylic oxidation sites excluding steroid dienone is 2. The number of aromatic nitrogens is 1. The van der Waals surface area contributed by atoms with Gasteiger partial charge in [-0.15, -0.1) is 11.3 Å². The molecule has 0 saturated heterocycles. The van der Waals surface area contributed by atoms with Crippen LogP contribution in [0.2, 0.25) is 0 Å². The molecule has 1 amide bonds. The fourth-order valence-corrected chi connectivity index (χ4v) is 4.73. The molecule has 0 radical (unpaired) electrons. The van der Waals surface area contributed by atoms with Crippen LogP contribution in [0.3, 0.4) is 0 Å². The SMILES string of the molecule is O=C(CSc1nc2ccccc2s1)NN=C1CC2C=CCC12. The number of nitrogens with zero attached hydrogens (tertiary/aromatic N) is 2. The summed E-state index contributed by atoms with van der Waals surface area (Å²) in [6.45, 7) is 0. The smallest absolute Gasteiger partial charge is 0.250 e. The van der Waals surface area contributed by atoms with Gasteiger partial charge < -0.3 is 0 Å². The van der Waals surface area contributed by atoms with Crippen LogP contribution < -0.4 is 5.43 Å². The van der Waals surface area contributed by atoms with Crippen LogP contribution in [-0.4, -0.2) is 22.4 Å². The number of hydrogen-bond acceptors (Lipinski definition) is 5. The minimum atomic E-state index is -0.0637. The molecule has 1 aromatic heterocycles. The van der Waals surface area contributed by atoms with Crippen molar-refractivity contribution in [1.29, 1.82) is 0 Å². The predicted molar refractivity (Wildman–Crippen MR) is 91.3 cm³/mol. The number of amides is 1. The van der Waals surface area contributed by atoms with Crippen LogP contribution in [0, 0.1) is 11.8 Å². The van der Waals surface area contributed by atoms with E-state index in [-0.39, 0.29) is 5.91 Å². The number of benzene rings is 1. The predicted octanol–water partition coefficient (Wildman–Crippen LogP) is 3.46. The Labute approximate surface area is 136 Å². The average Bonchev–Trinajstić information content (AvgIpc) is 3.09. The van der Waals surface area contributed by atoms with Gasteiger partial charge in [0, 0.05) is 11.6 Å². The molecule has 22 heavy (non-hydrogen) atoms. The average molecular weight is 329 g/mol. The number of carbonyl (C=O) groups excluding carboxylic acids is 1. The van der Waals surface area contributed by atoms with Crippen LogP contribution >= 0.6 is 23.1 Å². The Balaban J connectivity index is 1.30. The van der Waals surface area contributed by atoms with Gasteiger partial charge in [-0.2, -0.15) is 5.10 Å². The zero-order chi connectivity index (χ0) is 14.9. The molecule has 4 nitrogen and oxygen atoms in total. The summed E-state index contributed by atoms with van der Waals surface area (Å²) in [7, 11) is 0. The summed E-state index contributed by atoms with van der Waals surface area (Å²) >= 11 is 3.08. The van der Waals surface area contributed by atoms with Gasteiger partial charge in [0.1, 0.15) is 0 Å². The van der Waals surface area contributed by atoms with Gasteiger partial charge in [-0.3, -0.25) is 4.79 Å². The number of hydrazone groups is 1. The lowest BCUT2D eigenvalue weighted by molar-refractivity contribution is -0.118. The zero-order valence-corrected chi connectivity index (χ0v) is 13.5. The van der Waals surface area contributed by atoms with E-state index >= 15 is 0 Å². The molecule has 1 fully saturated rings. The summed E-state index contributed by atoms with van der Waals surface area (Å²) in [5.41, 5.74) is 4.80. The summed E-state index contributed by atoms with van der Waals surface area (Å²) in [4.78, 5) is 16.4. The van der Waals surface area contributed by atoms with Gasteiger partial charge >= 0.3 is 0 Å². The standard InChI is InChI=1S/C16H15N3OS2/c20-15(19-18-13-8-10-4-3-5-11(10)13)9-21-16-17-12-6-1-2-7-14(12)22-16/h1-4,6-7,10-11H,5,8-9H2,(H,19,20). The summed E-state index contributed by atoms with van der Waals surface area (Å²) in [6, 6.07) is 8.01. The molecule has 2 atom stereocenters. The Kier molecular flexibility index (Phi) is 3.72. The van der Waals surface area contributed by atoms with E-state index in [1.54, 1.807) is 11.3 Å². The van der Waals surface area contributed by atoms with Crippen molar-refractivity contribution in [2.75, 3.05) is 5.75 Å². The van der Waals surface area contributed by atoms with Crippen LogP contribution in [0.5, 0.6) is 0 Å². The van der Waals surface area contributed by atoms with Gasteiger partial charge in [0.15, 0.2) is 4.34 Å². The van der Waals surface area contributed by atoms with Crippen molar-refractivity contribution in [3.63, 3.8) is 0 Å². The fourth-order valence-electron chi connectivity index (χ4n) is 2.87. The molecule has 6 heteroatoms. The van der Waals surface area contributed by atoms with Crippen molar-refractivity contribution in [1.82, 2.24) is 10.4 Å². The van der Waals surface area contributed by atoms with E-state index in [1.807, 2.05) is 24.3 Å². The summed E-state index contributed by atoms with van der Waals surface area (Å²) in [6.07, 6.45) is 6.53. The summed E-state index contributed by atoms with van der Waals surface area (Å²) in [5, 5.41) is 4.27. The van der Waals surface area contributed by atoms with E-state index in [2.05, 4.69) is 27.7 Å². The van der Waals surface area contributed by atoms with E-state index < -0.39 is 0 Å². The molecular formula is C16H15N3OS2. The number of fused-ring (bicyclic) bond motifs is 2. The Bertz CT molecular complexity index is 748. The highest BCUT2D eigenvalue weighted by molar-refractivity contribution is 8.01. The maximum Gasteiger partial charge on any atom is 0.250 e. The Morgan fingerprint density at radius 2 is 2.36 bits per heavy atom. The highest BCUT2D eigenvalue weighted by Crippen LogP contribution is 2.40. The van der Waals surface area contributed by atoms with E-state index in [1.165, 1.54) is 11.8 Å². The molecule has 0 aliphatic heterocycles. The lowest BCUT2D eigenvalue weighted by Crippen LogP contribution is -2.35. The van der Waals surface area contributed by atoms with Crippen LogP contribution in [0.25, 0.3) is 10.2 Å². The van der Waals surface area contributed by atoms with Crippen molar-refractivity contribution in [2.24, 2.45) is 16.9 Å². The lowest BCUT2D eigenvalue weighted by atomic mass is 9.74. The van der Waals surface area contributed by atoms with Crippen molar-refractivity contribution in [3.8, 4) is 0 Å². The van der Waals surface area contributed by atoms with Crippen molar-refractivity contribution >= 4 is 44.9 Å². The molecule has 2 aliphatic rings. The normalized spacial score (nSPS) is 24.5. The van der Waals surface area contributed by atoms with Crippen LogP contribution in [0.1, 0.15) is 12.8 Å². The summed E-state index contributed by atoms with van der Waals surface area (Å²) < 4.78 is 2.08. The van der Waals surface area contributed by atoms with Gasteiger partial charge in [0.2, 0.25) is 0 Å². The van der Waals surface area contributed by atoms with E-state index in [9.17, 15) is 4.79 Å². The number of thiazole rings is 1. The van der Waals surface area contributed by atoms with Crippen LogP contribution in [-0.2, 0) is 4.79 Å². The van der Waals surface area contributed by atoms with E-state index in [0.29, 0.717) is 17.6 Å². The molecule has 2 aromatic rings. The molecule has 0 spiro atoms. The number of nitrogens with one attached hydrogen (secondary N) is 1. The first kappa shape index (κ1) is 14.0. The number of carbonyl (C=O) groups is 1. The maximum atomic E-state index is 11.9. The minimum Gasteiger partial charge on any atom is -0.272 e. The molecule has 1 heterocycles. The first-order valence-corrected chi connectivity index (χ1v) is 9.10. The third-order valence-corrected chi connectivity index (χ3v) is 6.27. The highest BCUT2D eigenvalue weighted by atomic mass is 32.2. The third-order valence-electron chi connectivity index (χ3n) is 4.09. The number of hydrogen-bond donors (Lipinski definition) is 1. The van der Waals surface area contributed by atoms with Crippen molar-refractivity contribution in [3.05, 3.63) is 36.4 Å². The first-order chi connectivity index (χ1) is 10.8. The lowest BCUT2D eigenvalue weighted by Gasteiger charge is -2.31. The van der Waals surface area contributed by atoms with Gasteiger partial charge in [0.25, 0.3) is 5.91 Å². The molecule has 0 bridgehead atoms. The maximum absolute atomic E-state index is 11.9. The molecule has 2 aliphatic carbocycles. The van der Waals surface area contributed by atoms with E-state index in [4.69, 9.17) is 0 Å². The van der Waals surface area contributed by atoms with E-state index in [0.717, 1.165) is 33.1 Å². The van der Waals surface area contributed by atoms with Gasteiger partial charge in [0.05, 0.1) is 16.0 Å². The van der Waals surface area contributed by atoms with Crippen LogP contribution in [0.15, 0.2) is 45.9 Å². The quantitative estimate of drug-likeness (QED) is 0.531. The third kappa shape index (κ3) is 2.68. The number of thioether (sulfide) groups is 1. The molecule has 1 N–H and O–H groups in total. The molecule has 1 saturated carbocycles. The Hall–Kier alpha value is -1.66. The van der Waals surface area contributed by atoms with Gasteiger partial charge in [-0.1, -0.05) is 36.0 Å². The second-order valence-electron chi connectivity index (χ2n) is 5.51. The van der Waals surface area contributed by atoms with Gasteiger partial charge in [-0.05, 0) is 30.9 Å². The summed E-state index contributed by atoms with van der Waals surface area (Å²) in [5.74, 6) is 1.49. The van der Waals surface area contributed by atoms with Crippen LogP contribution in [0.4, 0.5) is 0 Å². The zero-order valence-electron chi connectivity index (χ0n) is 11.9. The number of rotatable bonds is 4. The second kappa shape index (κ2) is 5.85. The minimum absolute atomic E-state index is 0.0637. The molecule has 4 rings (SSSR count). The van der Waals surface area contributed by atoms with Crippen molar-refractivity contribution in [2.45, 2.75) is 17.2 Å². The topological polar surface area (TPSA) is 54.4 Å². The molecular weight excluding hydrogens is 314 g/mol. The molecule has 1 aromatic carbocycles.